The SMILES string of the molecule is NC(=S)CC(CNC12CC3CC(CC(C3)C1)C2)c1ccc(Cl)c(Cl)c1. The summed E-state index contributed by atoms with van der Waals surface area (Å²) in [5.41, 5.74) is 7.39. The Morgan fingerprint density at radius 3 is 2.24 bits per heavy atom. The molecule has 4 bridgehead atoms. The summed E-state index contributed by atoms with van der Waals surface area (Å²) in [5, 5.41) is 5.16. The molecule has 0 amide bonds. The van der Waals surface area contributed by atoms with E-state index in [1.54, 1.807) is 0 Å². The van der Waals surface area contributed by atoms with Crippen LogP contribution in [-0.2, 0) is 0 Å². The average Bonchev–Trinajstić information content (AvgIpc) is 2.52. The number of rotatable bonds is 6. The third kappa shape index (κ3) is 3.85. The molecule has 0 saturated heterocycles. The van der Waals surface area contributed by atoms with Gasteiger partial charge in [0.15, 0.2) is 0 Å². The highest BCUT2D eigenvalue weighted by Gasteiger charge is 2.50. The van der Waals surface area contributed by atoms with Crippen LogP contribution in [-0.4, -0.2) is 17.1 Å². The molecule has 4 fully saturated rings. The normalized spacial score (nSPS) is 34.2. The fourth-order valence-corrected chi connectivity index (χ4v) is 6.49. The van der Waals surface area contributed by atoms with E-state index in [0.717, 1.165) is 24.3 Å². The summed E-state index contributed by atoms with van der Waals surface area (Å²) in [6.07, 6.45) is 9.13. The summed E-state index contributed by atoms with van der Waals surface area (Å²) in [5.74, 6) is 3.08. The van der Waals surface area contributed by atoms with Gasteiger partial charge >= 0.3 is 0 Å². The lowest BCUT2D eigenvalue weighted by molar-refractivity contribution is -0.0201. The minimum Gasteiger partial charge on any atom is -0.393 e. The molecular weight excluding hydrogens is 371 g/mol. The second kappa shape index (κ2) is 6.99. The Hall–Kier alpha value is -0.350. The zero-order valence-electron chi connectivity index (χ0n) is 14.4. The number of thiocarbonyl (C=S) groups is 1. The second-order valence-electron chi connectivity index (χ2n) is 8.62. The largest absolute Gasteiger partial charge is 0.393 e. The van der Waals surface area contributed by atoms with Crippen LogP contribution in [0.4, 0.5) is 0 Å². The molecule has 4 saturated carbocycles. The van der Waals surface area contributed by atoms with Crippen LogP contribution in [0.2, 0.25) is 10.0 Å². The summed E-state index contributed by atoms with van der Waals surface area (Å²) in [4.78, 5) is 0.559. The Kier molecular flexibility index (Phi) is 5.05. The van der Waals surface area contributed by atoms with Crippen LogP contribution in [0.15, 0.2) is 18.2 Å². The molecular formula is C20H26Cl2N2S. The molecule has 1 aromatic carbocycles. The first kappa shape index (κ1) is 18.0. The van der Waals surface area contributed by atoms with Gasteiger partial charge in [-0.15, -0.1) is 0 Å². The zero-order chi connectivity index (χ0) is 17.6. The van der Waals surface area contributed by atoms with Crippen LogP contribution in [0.5, 0.6) is 0 Å². The maximum absolute atomic E-state index is 6.23. The van der Waals surface area contributed by atoms with Crippen molar-refractivity contribution in [2.24, 2.45) is 23.5 Å². The van der Waals surface area contributed by atoms with E-state index in [2.05, 4.69) is 11.4 Å². The molecule has 136 valence electrons. The number of nitrogens with two attached hydrogens (primary N) is 1. The second-order valence-corrected chi connectivity index (χ2v) is 9.96. The zero-order valence-corrected chi connectivity index (χ0v) is 16.8. The van der Waals surface area contributed by atoms with Gasteiger partial charge in [-0.05, 0) is 74.0 Å². The molecule has 0 aromatic heterocycles. The third-order valence-electron chi connectivity index (χ3n) is 6.62. The molecule has 0 spiro atoms. The lowest BCUT2D eigenvalue weighted by Crippen LogP contribution is -2.59. The predicted octanol–water partition coefficient (Wildman–Crippen LogP) is 5.31. The Morgan fingerprint density at radius 1 is 1.12 bits per heavy atom. The van der Waals surface area contributed by atoms with Crippen molar-refractivity contribution >= 4 is 40.4 Å². The van der Waals surface area contributed by atoms with Crippen molar-refractivity contribution in [2.45, 2.75) is 56.4 Å². The number of hydrogen-bond acceptors (Lipinski definition) is 2. The quantitative estimate of drug-likeness (QED) is 0.639. The number of nitrogens with one attached hydrogen (secondary N) is 1. The highest BCUT2D eigenvalue weighted by molar-refractivity contribution is 7.80. The van der Waals surface area contributed by atoms with Crippen molar-refractivity contribution in [3.05, 3.63) is 33.8 Å². The molecule has 0 heterocycles. The van der Waals surface area contributed by atoms with Gasteiger partial charge in [0.1, 0.15) is 0 Å². The Morgan fingerprint density at radius 2 is 1.72 bits per heavy atom. The van der Waals surface area contributed by atoms with Crippen LogP contribution in [0.25, 0.3) is 0 Å². The Labute approximate surface area is 165 Å². The van der Waals surface area contributed by atoms with Crippen molar-refractivity contribution in [3.63, 3.8) is 0 Å². The summed E-state index contributed by atoms with van der Waals surface area (Å²) < 4.78 is 0. The van der Waals surface area contributed by atoms with Crippen LogP contribution < -0.4 is 11.1 Å². The predicted molar refractivity (Wildman–Crippen MR) is 110 cm³/mol. The molecule has 1 aromatic rings. The lowest BCUT2D eigenvalue weighted by atomic mass is 9.53. The highest BCUT2D eigenvalue weighted by Crippen LogP contribution is 2.55. The molecule has 5 heteroatoms. The maximum Gasteiger partial charge on any atom is 0.0733 e. The molecule has 0 radical (unpaired) electrons. The summed E-state index contributed by atoms with van der Waals surface area (Å²) in [6, 6.07) is 5.89. The van der Waals surface area contributed by atoms with E-state index >= 15 is 0 Å². The number of hydrogen-bond donors (Lipinski definition) is 2. The standard InChI is InChI=1S/C20H26Cl2N2S/c21-17-2-1-15(6-18(17)22)16(7-19(23)25)11-24-20-8-12-3-13(9-20)5-14(4-12)10-20/h1-2,6,12-14,16,24H,3-5,7-11H2,(H2,23,25). The van der Waals surface area contributed by atoms with E-state index in [0.29, 0.717) is 27.0 Å². The van der Waals surface area contributed by atoms with Crippen molar-refractivity contribution in [1.29, 1.82) is 0 Å². The molecule has 4 aliphatic rings. The van der Waals surface area contributed by atoms with E-state index in [9.17, 15) is 0 Å². The van der Waals surface area contributed by atoms with E-state index in [4.69, 9.17) is 41.2 Å². The molecule has 3 N–H and O–H groups in total. The number of halogens is 2. The van der Waals surface area contributed by atoms with Crippen molar-refractivity contribution in [2.75, 3.05) is 6.54 Å². The van der Waals surface area contributed by atoms with E-state index < -0.39 is 0 Å². The molecule has 1 unspecified atom stereocenters. The van der Waals surface area contributed by atoms with Gasteiger partial charge in [0.2, 0.25) is 0 Å². The van der Waals surface area contributed by atoms with Gasteiger partial charge in [0, 0.05) is 24.4 Å². The number of benzene rings is 1. The summed E-state index contributed by atoms with van der Waals surface area (Å²) in [6.45, 7) is 0.904. The lowest BCUT2D eigenvalue weighted by Gasteiger charge is -2.57. The highest BCUT2D eigenvalue weighted by atomic mass is 35.5. The first-order valence-electron chi connectivity index (χ1n) is 9.41. The fraction of sp³-hybridized carbons (Fsp3) is 0.650. The van der Waals surface area contributed by atoms with Gasteiger partial charge in [-0.3, -0.25) is 0 Å². The van der Waals surface area contributed by atoms with Gasteiger partial charge in [-0.1, -0.05) is 41.5 Å². The van der Waals surface area contributed by atoms with Gasteiger partial charge < -0.3 is 11.1 Å². The molecule has 2 nitrogen and oxygen atoms in total. The monoisotopic (exact) mass is 396 g/mol. The van der Waals surface area contributed by atoms with Crippen molar-refractivity contribution in [3.8, 4) is 0 Å². The fourth-order valence-electron chi connectivity index (χ4n) is 5.98. The van der Waals surface area contributed by atoms with Crippen molar-refractivity contribution in [1.82, 2.24) is 5.32 Å². The summed E-state index contributed by atoms with van der Waals surface area (Å²) >= 11 is 17.5. The van der Waals surface area contributed by atoms with Crippen LogP contribution in [0.1, 0.15) is 56.4 Å². The van der Waals surface area contributed by atoms with E-state index in [1.807, 2.05) is 12.1 Å². The van der Waals surface area contributed by atoms with Crippen molar-refractivity contribution < 1.29 is 0 Å². The third-order valence-corrected chi connectivity index (χ3v) is 7.53. The minimum atomic E-state index is 0.250. The minimum absolute atomic E-state index is 0.250. The van der Waals surface area contributed by atoms with Gasteiger partial charge in [-0.2, -0.15) is 0 Å². The topological polar surface area (TPSA) is 38.0 Å². The first-order chi connectivity index (χ1) is 11.9. The Balaban J connectivity index is 1.49. The summed E-state index contributed by atoms with van der Waals surface area (Å²) in [7, 11) is 0. The van der Waals surface area contributed by atoms with Gasteiger partial charge in [0.05, 0.1) is 15.0 Å². The smallest absolute Gasteiger partial charge is 0.0733 e. The molecule has 1 atom stereocenters. The molecule has 25 heavy (non-hydrogen) atoms. The maximum atomic E-state index is 6.23. The van der Waals surface area contributed by atoms with E-state index in [-0.39, 0.29) is 5.92 Å². The van der Waals surface area contributed by atoms with Crippen LogP contribution in [0.3, 0.4) is 0 Å². The first-order valence-corrected chi connectivity index (χ1v) is 10.6. The van der Waals surface area contributed by atoms with E-state index in [1.165, 1.54) is 44.1 Å². The molecule has 5 rings (SSSR count). The van der Waals surface area contributed by atoms with Crippen LogP contribution in [0, 0.1) is 17.8 Å². The molecule has 0 aliphatic heterocycles. The van der Waals surface area contributed by atoms with Crippen LogP contribution >= 0.6 is 35.4 Å². The Bertz CT molecular complexity index is 640. The average molecular weight is 397 g/mol. The molecule has 4 aliphatic carbocycles. The van der Waals surface area contributed by atoms with Gasteiger partial charge in [0.25, 0.3) is 0 Å². The van der Waals surface area contributed by atoms with Gasteiger partial charge in [-0.25, -0.2) is 0 Å².